The van der Waals surface area contributed by atoms with Crippen molar-refractivity contribution in [1.82, 2.24) is 0 Å². The molecule has 5 aromatic carbocycles. The van der Waals surface area contributed by atoms with E-state index in [1.807, 2.05) is 0 Å². The monoisotopic (exact) mass is 646 g/mol. The molecule has 0 atom stereocenters. The summed E-state index contributed by atoms with van der Waals surface area (Å²) in [6.07, 6.45) is 0. The van der Waals surface area contributed by atoms with Crippen LogP contribution in [0.15, 0.2) is 0 Å². The lowest BCUT2D eigenvalue weighted by Crippen LogP contribution is -2.11. The highest BCUT2D eigenvalue weighted by molar-refractivity contribution is 6.22. The Morgan fingerprint density at radius 3 is 0.568 bits per heavy atom. The first-order valence-corrected chi connectivity index (χ1v) is 11.5. The van der Waals surface area contributed by atoms with Crippen molar-refractivity contribution in [2.75, 3.05) is 0 Å². The zero-order valence-corrected chi connectivity index (χ0v) is 21.0. The topological polar surface area (TPSA) is 0 Å². The Hall–Kier alpha value is -4.50. The fourth-order valence-corrected chi connectivity index (χ4v) is 4.87. The molecule has 0 aliphatic rings. The van der Waals surface area contributed by atoms with Gasteiger partial charge in [-0.25, -0.2) is 70.2 Å². The van der Waals surface area contributed by atoms with Crippen molar-refractivity contribution in [2.24, 2.45) is 0 Å². The quantitative estimate of drug-likeness (QED) is 0.0776. The van der Waals surface area contributed by atoms with Crippen LogP contribution < -0.4 is 0 Å². The van der Waals surface area contributed by atoms with Crippen molar-refractivity contribution >= 4 is 21.5 Å². The van der Waals surface area contributed by atoms with Crippen LogP contribution in [0.4, 0.5) is 70.2 Å². The van der Waals surface area contributed by atoms with Gasteiger partial charge in [0, 0.05) is 43.8 Å². The molecule has 0 unspecified atom stereocenters. The third-order valence-corrected chi connectivity index (χ3v) is 7.00. The molecule has 0 heterocycles. The molecule has 0 aliphatic carbocycles. The van der Waals surface area contributed by atoms with Gasteiger partial charge < -0.3 is 0 Å². The summed E-state index contributed by atoms with van der Waals surface area (Å²) >= 11 is 0. The second-order valence-corrected chi connectivity index (χ2v) is 9.27. The number of hydrogen-bond acceptors (Lipinski definition) is 0. The van der Waals surface area contributed by atoms with Gasteiger partial charge in [-0.2, -0.15) is 0 Å². The van der Waals surface area contributed by atoms with Gasteiger partial charge in [-0.05, 0) is 13.8 Å². The maximum atomic E-state index is 15.5. The second kappa shape index (κ2) is 10.0. The molecule has 0 radical (unpaired) electrons. The van der Waals surface area contributed by atoms with E-state index in [-0.39, 0.29) is 0 Å². The van der Waals surface area contributed by atoms with Crippen LogP contribution in [0.25, 0.3) is 43.8 Å². The fourth-order valence-electron chi connectivity index (χ4n) is 4.87. The highest BCUT2D eigenvalue weighted by atomic mass is 19.2. The molecular formula is C28H6F16. The summed E-state index contributed by atoms with van der Waals surface area (Å²) in [6.45, 7) is 0.854. The van der Waals surface area contributed by atoms with E-state index in [4.69, 9.17) is 0 Å². The van der Waals surface area contributed by atoms with Crippen LogP contribution in [0.1, 0.15) is 11.1 Å². The highest BCUT2D eigenvalue weighted by Crippen LogP contribution is 2.51. The van der Waals surface area contributed by atoms with Crippen LogP contribution in [-0.2, 0) is 0 Å². The lowest BCUT2D eigenvalue weighted by molar-refractivity contribution is 0.416. The molecule has 0 saturated carbocycles. The molecule has 0 bridgehead atoms. The first-order chi connectivity index (χ1) is 20.4. The van der Waals surface area contributed by atoms with Gasteiger partial charge in [0.25, 0.3) is 0 Å². The molecule has 0 amide bonds. The first-order valence-electron chi connectivity index (χ1n) is 11.5. The largest absolute Gasteiger partial charge is 0.203 e. The molecule has 0 aromatic heterocycles. The predicted octanol–water partition coefficient (Wildman–Crippen LogP) is 10.2. The molecule has 5 aromatic rings. The molecule has 230 valence electrons. The molecule has 0 fully saturated rings. The summed E-state index contributed by atoms with van der Waals surface area (Å²) in [7, 11) is 0. The van der Waals surface area contributed by atoms with Gasteiger partial charge in [0.1, 0.15) is 0 Å². The lowest BCUT2D eigenvalue weighted by Gasteiger charge is -2.22. The van der Waals surface area contributed by atoms with E-state index in [2.05, 4.69) is 0 Å². The van der Waals surface area contributed by atoms with Crippen molar-refractivity contribution in [1.29, 1.82) is 0 Å². The lowest BCUT2D eigenvalue weighted by atomic mass is 9.83. The smallest absolute Gasteiger partial charge is 0.198 e. The van der Waals surface area contributed by atoms with Gasteiger partial charge in [0.05, 0.1) is 11.1 Å². The summed E-state index contributed by atoms with van der Waals surface area (Å²) < 4.78 is 239. The van der Waals surface area contributed by atoms with Gasteiger partial charge in [0.15, 0.2) is 93.1 Å². The average molecular weight is 646 g/mol. The minimum atomic E-state index is -2.94. The van der Waals surface area contributed by atoms with Gasteiger partial charge in [-0.3, -0.25) is 0 Å². The maximum Gasteiger partial charge on any atom is 0.198 e. The van der Waals surface area contributed by atoms with Crippen LogP contribution in [0.3, 0.4) is 0 Å². The zero-order chi connectivity index (χ0) is 33.0. The predicted molar refractivity (Wildman–Crippen MR) is 121 cm³/mol. The van der Waals surface area contributed by atoms with E-state index >= 15 is 35.1 Å². The molecule has 0 spiro atoms. The minimum absolute atomic E-state index is 0.427. The van der Waals surface area contributed by atoms with E-state index in [1.54, 1.807) is 0 Å². The van der Waals surface area contributed by atoms with Gasteiger partial charge in [-0.1, -0.05) is 0 Å². The molecule has 0 nitrogen and oxygen atoms in total. The van der Waals surface area contributed by atoms with Crippen molar-refractivity contribution < 1.29 is 70.2 Å². The molecule has 0 saturated heterocycles. The summed E-state index contributed by atoms with van der Waals surface area (Å²) in [5.74, 6) is -43.3. The Morgan fingerprint density at radius 2 is 0.386 bits per heavy atom. The SMILES string of the molecule is Cc1c(F)c(F)c(-c2c3c(F)c(F)c(F)c(F)c3c(-c3c(F)c(F)c(C)c(F)c3F)c3c(F)c(F)c(F)c(F)c23)c(F)c1F. The van der Waals surface area contributed by atoms with Crippen molar-refractivity contribution in [2.45, 2.75) is 13.8 Å². The molecule has 16 heteroatoms. The third kappa shape index (κ3) is 3.75. The molecule has 5 rings (SSSR count). The minimum Gasteiger partial charge on any atom is -0.203 e. The molecular weight excluding hydrogens is 640 g/mol. The van der Waals surface area contributed by atoms with E-state index in [0.717, 1.165) is 0 Å². The number of fused-ring (bicyclic) bond motifs is 2. The van der Waals surface area contributed by atoms with Crippen molar-refractivity contribution in [3.05, 3.63) is 104 Å². The number of rotatable bonds is 2. The van der Waals surface area contributed by atoms with E-state index in [9.17, 15) is 35.1 Å². The van der Waals surface area contributed by atoms with E-state index in [0.29, 0.717) is 13.8 Å². The Kier molecular flexibility index (Phi) is 7.05. The van der Waals surface area contributed by atoms with Crippen molar-refractivity contribution in [3.8, 4) is 22.3 Å². The molecule has 0 aliphatic heterocycles. The Balaban J connectivity index is 2.35. The van der Waals surface area contributed by atoms with Crippen LogP contribution in [0, 0.1) is 107 Å². The number of hydrogen-bond donors (Lipinski definition) is 0. The zero-order valence-electron chi connectivity index (χ0n) is 21.0. The van der Waals surface area contributed by atoms with Crippen molar-refractivity contribution in [3.63, 3.8) is 0 Å². The third-order valence-electron chi connectivity index (χ3n) is 7.00. The Labute approximate surface area is 232 Å². The molecule has 0 N–H and O–H groups in total. The standard InChI is InChI=1S/C28H6F16/c1-3-13(29)21(37)11(22(38)14(3)30)5-7-9(19(35)27(43)25(41)17(7)33)6(10-8(5)18(34)26(42)28(44)20(10)36)12-23(39)15(31)4(2)16(32)24(12)40/h1-2H3. The molecule has 44 heavy (non-hydrogen) atoms. The normalized spacial score (nSPS) is 11.9. The Bertz CT molecular complexity index is 1860. The first kappa shape index (κ1) is 30.9. The number of benzene rings is 5. The summed E-state index contributed by atoms with van der Waals surface area (Å²) in [6, 6.07) is 0. The number of halogens is 16. The van der Waals surface area contributed by atoms with Gasteiger partial charge >= 0.3 is 0 Å². The second-order valence-electron chi connectivity index (χ2n) is 9.27. The summed E-state index contributed by atoms with van der Waals surface area (Å²) in [5, 5.41) is -9.19. The summed E-state index contributed by atoms with van der Waals surface area (Å²) in [5.41, 5.74) is -12.2. The Morgan fingerprint density at radius 1 is 0.205 bits per heavy atom. The van der Waals surface area contributed by atoms with Crippen LogP contribution in [0.2, 0.25) is 0 Å². The van der Waals surface area contributed by atoms with Crippen LogP contribution in [0.5, 0.6) is 0 Å². The highest BCUT2D eigenvalue weighted by Gasteiger charge is 2.39. The van der Waals surface area contributed by atoms with Gasteiger partial charge in [-0.15, -0.1) is 0 Å². The summed E-state index contributed by atoms with van der Waals surface area (Å²) in [4.78, 5) is 0. The van der Waals surface area contributed by atoms with Crippen LogP contribution in [-0.4, -0.2) is 0 Å². The fraction of sp³-hybridized carbons (Fsp3) is 0.0714. The maximum absolute atomic E-state index is 15.5. The van der Waals surface area contributed by atoms with Crippen LogP contribution >= 0.6 is 0 Å². The van der Waals surface area contributed by atoms with Gasteiger partial charge in [0.2, 0.25) is 0 Å². The van der Waals surface area contributed by atoms with E-state index in [1.165, 1.54) is 0 Å². The van der Waals surface area contributed by atoms with E-state index < -0.39 is 148 Å². The average Bonchev–Trinajstić information content (AvgIpc) is 3.00.